The van der Waals surface area contributed by atoms with Crippen LogP contribution in [0.25, 0.3) is 0 Å². The topological polar surface area (TPSA) is 64.4 Å². The monoisotopic (exact) mass is 312 g/mol. The first-order chi connectivity index (χ1) is 10.1. The first kappa shape index (κ1) is 16.3. The molecule has 116 valence electrons. The number of hydrogen-bond acceptors (Lipinski definition) is 4. The van der Waals surface area contributed by atoms with Crippen molar-refractivity contribution < 1.29 is 13.9 Å². The van der Waals surface area contributed by atoms with E-state index >= 15 is 0 Å². The van der Waals surface area contributed by atoms with Crippen molar-refractivity contribution in [2.75, 3.05) is 19.5 Å². The van der Waals surface area contributed by atoms with Gasteiger partial charge in [0, 0.05) is 24.7 Å². The van der Waals surface area contributed by atoms with E-state index in [1.807, 2.05) is 6.26 Å². The minimum Gasteiger partial charge on any atom is -0.381 e. The molecule has 0 aromatic heterocycles. The fraction of sp³-hybridized carbons (Fsp3) is 0.533. The molecule has 2 rings (SSSR count). The van der Waals surface area contributed by atoms with Gasteiger partial charge in [-0.05, 0) is 48.8 Å². The number of rotatable bonds is 5. The lowest BCUT2D eigenvalue weighted by atomic mass is 9.92. The Morgan fingerprint density at radius 2 is 2.24 bits per heavy atom. The predicted octanol–water partition coefficient (Wildman–Crippen LogP) is 1.92. The number of benzene rings is 1. The molecule has 0 bridgehead atoms. The second-order valence-corrected chi connectivity index (χ2v) is 6.00. The smallest absolute Gasteiger partial charge is 0.237 e. The molecular formula is C15H21FN2O2S. The van der Waals surface area contributed by atoms with Crippen molar-refractivity contribution in [1.29, 1.82) is 0 Å². The van der Waals surface area contributed by atoms with Crippen LogP contribution in [0.3, 0.4) is 0 Å². The average Bonchev–Trinajstić information content (AvgIpc) is 2.52. The van der Waals surface area contributed by atoms with E-state index in [4.69, 9.17) is 10.5 Å². The molecule has 1 atom stereocenters. The van der Waals surface area contributed by atoms with Gasteiger partial charge in [0.25, 0.3) is 0 Å². The van der Waals surface area contributed by atoms with Gasteiger partial charge in [0.2, 0.25) is 5.91 Å². The zero-order valence-electron chi connectivity index (χ0n) is 12.1. The summed E-state index contributed by atoms with van der Waals surface area (Å²) in [5.41, 5.74) is 6.78. The van der Waals surface area contributed by atoms with Gasteiger partial charge in [-0.25, -0.2) is 4.39 Å². The molecule has 1 fully saturated rings. The second-order valence-electron chi connectivity index (χ2n) is 5.15. The van der Waals surface area contributed by atoms with Crippen molar-refractivity contribution in [2.45, 2.75) is 30.3 Å². The van der Waals surface area contributed by atoms with Gasteiger partial charge in [-0.3, -0.25) is 4.79 Å². The highest BCUT2D eigenvalue weighted by Gasteiger charge is 2.26. The summed E-state index contributed by atoms with van der Waals surface area (Å²) in [4.78, 5) is 13.1. The Bertz CT molecular complexity index is 493. The summed E-state index contributed by atoms with van der Waals surface area (Å²) in [6.07, 6.45) is 3.54. The van der Waals surface area contributed by atoms with Gasteiger partial charge in [-0.1, -0.05) is 0 Å². The maximum Gasteiger partial charge on any atom is 0.237 e. The van der Waals surface area contributed by atoms with E-state index < -0.39 is 6.04 Å². The highest BCUT2D eigenvalue weighted by Crippen LogP contribution is 2.22. The molecule has 1 saturated heterocycles. The third-order valence-corrected chi connectivity index (χ3v) is 4.61. The number of hydrogen-bond donors (Lipinski definition) is 2. The molecule has 1 amide bonds. The van der Waals surface area contributed by atoms with Crippen molar-refractivity contribution in [3.8, 4) is 0 Å². The van der Waals surface area contributed by atoms with E-state index in [1.165, 1.54) is 23.9 Å². The Kier molecular flexibility index (Phi) is 6.02. The summed E-state index contributed by atoms with van der Waals surface area (Å²) in [7, 11) is 0. The largest absolute Gasteiger partial charge is 0.381 e. The van der Waals surface area contributed by atoms with E-state index in [2.05, 4.69) is 5.32 Å². The fourth-order valence-electron chi connectivity index (χ4n) is 2.47. The molecule has 1 aromatic carbocycles. The van der Waals surface area contributed by atoms with Crippen molar-refractivity contribution in [3.63, 3.8) is 0 Å². The molecule has 0 aliphatic carbocycles. The zero-order valence-corrected chi connectivity index (χ0v) is 12.9. The highest BCUT2D eigenvalue weighted by atomic mass is 32.2. The van der Waals surface area contributed by atoms with E-state index in [9.17, 15) is 9.18 Å². The average molecular weight is 312 g/mol. The summed E-state index contributed by atoms with van der Waals surface area (Å²) in [5, 5.41) is 2.81. The number of amides is 1. The lowest BCUT2D eigenvalue weighted by Gasteiger charge is -2.26. The van der Waals surface area contributed by atoms with Crippen molar-refractivity contribution in [1.82, 2.24) is 5.32 Å². The second kappa shape index (κ2) is 7.77. The molecule has 6 heteroatoms. The number of carbonyl (C=O) groups excluding carboxylic acids is 1. The normalized spacial score (nSPS) is 17.5. The predicted molar refractivity (Wildman–Crippen MR) is 81.5 cm³/mol. The molecule has 1 aliphatic heterocycles. The van der Waals surface area contributed by atoms with E-state index in [0.717, 1.165) is 23.3 Å². The summed E-state index contributed by atoms with van der Waals surface area (Å²) in [6, 6.07) is 4.07. The van der Waals surface area contributed by atoms with Gasteiger partial charge in [-0.15, -0.1) is 11.8 Å². The first-order valence-corrected chi connectivity index (χ1v) is 8.27. The maximum atomic E-state index is 13.3. The van der Waals surface area contributed by atoms with Crippen LogP contribution in [0.1, 0.15) is 18.4 Å². The molecule has 3 N–H and O–H groups in total. The summed E-state index contributed by atoms with van der Waals surface area (Å²) in [5.74, 6) is -0.324. The number of ether oxygens (including phenoxy) is 1. The Hall–Kier alpha value is -1.11. The highest BCUT2D eigenvalue weighted by molar-refractivity contribution is 7.98. The quantitative estimate of drug-likeness (QED) is 0.815. The van der Waals surface area contributed by atoms with Crippen LogP contribution in [0.5, 0.6) is 0 Å². The molecule has 1 unspecified atom stereocenters. The number of nitrogens with one attached hydrogen (secondary N) is 1. The molecule has 1 heterocycles. The number of nitrogens with two attached hydrogens (primary N) is 1. The van der Waals surface area contributed by atoms with E-state index in [-0.39, 0.29) is 17.6 Å². The third kappa shape index (κ3) is 4.43. The number of carbonyl (C=O) groups is 1. The van der Waals surface area contributed by atoms with Crippen molar-refractivity contribution >= 4 is 17.7 Å². The van der Waals surface area contributed by atoms with Gasteiger partial charge < -0.3 is 15.8 Å². The molecule has 0 radical (unpaired) electrons. The van der Waals surface area contributed by atoms with E-state index in [0.29, 0.717) is 19.8 Å². The standard InChI is InChI=1S/C15H21FN2O2S/c1-21-13-3-2-12(16)8-11(13)9-18-15(19)14(17)10-4-6-20-7-5-10/h2-3,8,10,14H,4-7,9,17H2,1H3,(H,18,19). The van der Waals surface area contributed by atoms with Gasteiger partial charge in [0.15, 0.2) is 0 Å². The third-order valence-electron chi connectivity index (χ3n) is 3.77. The SMILES string of the molecule is CSc1ccc(F)cc1CNC(=O)C(N)C1CCOCC1. The number of thioether (sulfide) groups is 1. The van der Waals surface area contributed by atoms with Crippen LogP contribution < -0.4 is 11.1 Å². The van der Waals surface area contributed by atoms with Crippen LogP contribution in [0.15, 0.2) is 23.1 Å². The molecule has 21 heavy (non-hydrogen) atoms. The van der Waals surface area contributed by atoms with Crippen LogP contribution >= 0.6 is 11.8 Å². The maximum absolute atomic E-state index is 13.3. The van der Waals surface area contributed by atoms with Crippen LogP contribution in [-0.2, 0) is 16.1 Å². The minimum absolute atomic E-state index is 0.159. The molecule has 1 aromatic rings. The summed E-state index contributed by atoms with van der Waals surface area (Å²) in [6.45, 7) is 1.61. The molecule has 4 nitrogen and oxygen atoms in total. The van der Waals surface area contributed by atoms with Gasteiger partial charge in [-0.2, -0.15) is 0 Å². The zero-order chi connectivity index (χ0) is 15.2. The Morgan fingerprint density at radius 3 is 2.90 bits per heavy atom. The lowest BCUT2D eigenvalue weighted by Crippen LogP contribution is -2.46. The molecule has 1 aliphatic rings. The lowest BCUT2D eigenvalue weighted by molar-refractivity contribution is -0.124. The van der Waals surface area contributed by atoms with Crippen molar-refractivity contribution in [3.05, 3.63) is 29.6 Å². The fourth-order valence-corrected chi connectivity index (χ4v) is 3.07. The van der Waals surface area contributed by atoms with Crippen molar-refractivity contribution in [2.24, 2.45) is 11.7 Å². The number of halogens is 1. The van der Waals surface area contributed by atoms with Gasteiger partial charge in [0.1, 0.15) is 5.82 Å². The summed E-state index contributed by atoms with van der Waals surface area (Å²) >= 11 is 1.53. The molecule has 0 saturated carbocycles. The first-order valence-electron chi connectivity index (χ1n) is 7.05. The minimum atomic E-state index is -0.528. The van der Waals surface area contributed by atoms with Gasteiger partial charge >= 0.3 is 0 Å². The molecule has 0 spiro atoms. The Balaban J connectivity index is 1.92. The van der Waals surface area contributed by atoms with Gasteiger partial charge in [0.05, 0.1) is 6.04 Å². The Morgan fingerprint density at radius 1 is 1.52 bits per heavy atom. The van der Waals surface area contributed by atoms with Crippen LogP contribution in [0.2, 0.25) is 0 Å². The Labute approximate surface area is 128 Å². The summed E-state index contributed by atoms with van der Waals surface area (Å²) < 4.78 is 18.6. The molecular weight excluding hydrogens is 291 g/mol. The van der Waals surface area contributed by atoms with E-state index in [1.54, 1.807) is 6.07 Å². The van der Waals surface area contributed by atoms with Crippen LogP contribution in [-0.4, -0.2) is 31.4 Å². The van der Waals surface area contributed by atoms with Crippen LogP contribution in [0.4, 0.5) is 4.39 Å². The van der Waals surface area contributed by atoms with Crippen LogP contribution in [0, 0.1) is 11.7 Å².